The highest BCUT2D eigenvalue weighted by atomic mass is 19.1. The SMILES string of the molecule is NC(=O)c1cc(NC(=O)C2=NN(c3ccccc3)C(c3ccccc3)C2)c(F)cc1F. The van der Waals surface area contributed by atoms with E-state index in [4.69, 9.17) is 5.73 Å². The van der Waals surface area contributed by atoms with E-state index < -0.39 is 29.0 Å². The third-order valence-electron chi connectivity index (χ3n) is 4.95. The Labute approximate surface area is 177 Å². The van der Waals surface area contributed by atoms with Gasteiger partial charge in [-0.2, -0.15) is 5.10 Å². The topological polar surface area (TPSA) is 87.8 Å². The Balaban J connectivity index is 1.64. The lowest BCUT2D eigenvalue weighted by molar-refractivity contribution is -0.110. The third kappa shape index (κ3) is 4.13. The number of hydrogen-bond acceptors (Lipinski definition) is 4. The molecule has 0 spiro atoms. The summed E-state index contributed by atoms with van der Waals surface area (Å²) in [6, 6.07) is 20.1. The molecule has 6 nitrogen and oxygen atoms in total. The first-order valence-electron chi connectivity index (χ1n) is 9.51. The molecule has 1 heterocycles. The molecule has 8 heteroatoms. The summed E-state index contributed by atoms with van der Waals surface area (Å²) < 4.78 is 27.9. The van der Waals surface area contributed by atoms with Crippen molar-refractivity contribution in [3.63, 3.8) is 0 Å². The molecule has 0 aromatic heterocycles. The minimum Gasteiger partial charge on any atom is -0.366 e. The van der Waals surface area contributed by atoms with E-state index in [0.29, 0.717) is 6.07 Å². The molecule has 0 bridgehead atoms. The van der Waals surface area contributed by atoms with Gasteiger partial charge in [0.15, 0.2) is 0 Å². The minimum absolute atomic E-state index is 0.169. The number of carbonyl (C=O) groups is 2. The van der Waals surface area contributed by atoms with Gasteiger partial charge in [-0.1, -0.05) is 48.5 Å². The lowest BCUT2D eigenvalue weighted by Gasteiger charge is -2.23. The zero-order valence-electron chi connectivity index (χ0n) is 16.3. The van der Waals surface area contributed by atoms with Crippen LogP contribution in [-0.4, -0.2) is 17.5 Å². The first-order chi connectivity index (χ1) is 14.9. The van der Waals surface area contributed by atoms with Crippen LogP contribution in [0.1, 0.15) is 28.4 Å². The summed E-state index contributed by atoms with van der Waals surface area (Å²) in [4.78, 5) is 24.2. The highest BCUT2D eigenvalue weighted by molar-refractivity contribution is 6.43. The van der Waals surface area contributed by atoms with Gasteiger partial charge in [0.1, 0.15) is 17.3 Å². The molecule has 3 N–H and O–H groups in total. The van der Waals surface area contributed by atoms with Crippen LogP contribution in [0, 0.1) is 11.6 Å². The number of hydrogen-bond donors (Lipinski definition) is 2. The first-order valence-corrected chi connectivity index (χ1v) is 9.51. The van der Waals surface area contributed by atoms with E-state index in [0.717, 1.165) is 17.3 Å². The number of primary amides is 1. The summed E-state index contributed by atoms with van der Waals surface area (Å²) in [5.41, 5.74) is 6.17. The number of para-hydroxylation sites is 1. The van der Waals surface area contributed by atoms with Crippen molar-refractivity contribution in [2.45, 2.75) is 12.5 Å². The van der Waals surface area contributed by atoms with Crippen molar-refractivity contribution >= 4 is 28.9 Å². The molecule has 0 saturated carbocycles. The molecule has 4 rings (SSSR count). The van der Waals surface area contributed by atoms with Gasteiger partial charge in [-0.25, -0.2) is 8.78 Å². The Kier molecular flexibility index (Phi) is 5.44. The number of halogens is 2. The molecule has 1 atom stereocenters. The molecule has 156 valence electrons. The van der Waals surface area contributed by atoms with Crippen LogP contribution in [0.2, 0.25) is 0 Å². The normalized spacial score (nSPS) is 15.5. The molecule has 1 aliphatic heterocycles. The van der Waals surface area contributed by atoms with Crippen LogP contribution >= 0.6 is 0 Å². The summed E-state index contributed by atoms with van der Waals surface area (Å²) >= 11 is 0. The van der Waals surface area contributed by atoms with Gasteiger partial charge in [0.2, 0.25) is 0 Å². The Morgan fingerprint density at radius 1 is 0.968 bits per heavy atom. The van der Waals surface area contributed by atoms with Gasteiger partial charge in [0, 0.05) is 12.5 Å². The van der Waals surface area contributed by atoms with Crippen molar-refractivity contribution < 1.29 is 18.4 Å². The van der Waals surface area contributed by atoms with Gasteiger partial charge in [0.25, 0.3) is 11.8 Å². The number of nitrogens with one attached hydrogen (secondary N) is 1. The van der Waals surface area contributed by atoms with Crippen LogP contribution in [0.4, 0.5) is 20.2 Å². The van der Waals surface area contributed by atoms with Gasteiger partial charge in [-0.05, 0) is 23.8 Å². The fraction of sp³-hybridized carbons (Fsp3) is 0.0870. The predicted molar refractivity (Wildman–Crippen MR) is 114 cm³/mol. The number of amides is 2. The van der Waals surface area contributed by atoms with Crippen molar-refractivity contribution in [1.82, 2.24) is 0 Å². The van der Waals surface area contributed by atoms with E-state index in [1.807, 2.05) is 60.7 Å². The third-order valence-corrected chi connectivity index (χ3v) is 4.95. The zero-order chi connectivity index (χ0) is 22.0. The maximum absolute atomic E-state index is 14.2. The van der Waals surface area contributed by atoms with Crippen LogP contribution in [0.3, 0.4) is 0 Å². The lowest BCUT2D eigenvalue weighted by Crippen LogP contribution is -2.23. The van der Waals surface area contributed by atoms with Crippen molar-refractivity contribution in [3.8, 4) is 0 Å². The average molecular weight is 420 g/mol. The van der Waals surface area contributed by atoms with Gasteiger partial charge in [0.05, 0.1) is 23.0 Å². The number of hydrazone groups is 1. The van der Waals surface area contributed by atoms with E-state index in [-0.39, 0.29) is 23.9 Å². The molecule has 0 radical (unpaired) electrons. The summed E-state index contributed by atoms with van der Waals surface area (Å²) in [6.45, 7) is 0. The Bertz CT molecular complexity index is 1170. The lowest BCUT2D eigenvalue weighted by atomic mass is 10.0. The fourth-order valence-electron chi connectivity index (χ4n) is 3.43. The van der Waals surface area contributed by atoms with E-state index in [2.05, 4.69) is 10.4 Å². The molecule has 3 aromatic carbocycles. The summed E-state index contributed by atoms with van der Waals surface area (Å²) in [7, 11) is 0. The minimum atomic E-state index is -1.10. The molecule has 3 aromatic rings. The van der Waals surface area contributed by atoms with E-state index >= 15 is 0 Å². The molecule has 31 heavy (non-hydrogen) atoms. The molecule has 0 aliphatic carbocycles. The van der Waals surface area contributed by atoms with E-state index in [1.54, 1.807) is 5.01 Å². The van der Waals surface area contributed by atoms with E-state index in [9.17, 15) is 18.4 Å². The highest BCUT2D eigenvalue weighted by Crippen LogP contribution is 2.35. The summed E-state index contributed by atoms with van der Waals surface area (Å²) in [6.07, 6.45) is 0.274. The van der Waals surface area contributed by atoms with Gasteiger partial charge in [-0.3, -0.25) is 14.6 Å². The Morgan fingerprint density at radius 2 is 1.61 bits per heavy atom. The molecule has 1 aliphatic rings. The molecule has 0 fully saturated rings. The molecular formula is C23H18F2N4O2. The van der Waals surface area contributed by atoms with Crippen LogP contribution in [0.5, 0.6) is 0 Å². The number of carbonyl (C=O) groups excluding carboxylic acids is 2. The first kappa shape index (κ1) is 20.2. The molecule has 2 amide bonds. The smallest absolute Gasteiger partial charge is 0.272 e. The van der Waals surface area contributed by atoms with Crippen LogP contribution in [0.15, 0.2) is 77.9 Å². The van der Waals surface area contributed by atoms with Gasteiger partial charge >= 0.3 is 0 Å². The number of nitrogens with zero attached hydrogens (tertiary/aromatic N) is 2. The maximum atomic E-state index is 14.2. The molecule has 0 saturated heterocycles. The molecule has 1 unspecified atom stereocenters. The second kappa shape index (κ2) is 8.35. The van der Waals surface area contributed by atoms with Crippen molar-refractivity contribution in [1.29, 1.82) is 0 Å². The van der Waals surface area contributed by atoms with E-state index in [1.165, 1.54) is 0 Å². The number of anilines is 2. The van der Waals surface area contributed by atoms with Gasteiger partial charge in [-0.15, -0.1) is 0 Å². The second-order valence-corrected chi connectivity index (χ2v) is 6.99. The monoisotopic (exact) mass is 420 g/mol. The summed E-state index contributed by atoms with van der Waals surface area (Å²) in [5, 5.41) is 8.58. The predicted octanol–water partition coefficient (Wildman–Crippen LogP) is 4.01. The second-order valence-electron chi connectivity index (χ2n) is 6.99. The Morgan fingerprint density at radius 3 is 2.26 bits per heavy atom. The van der Waals surface area contributed by atoms with Crippen LogP contribution < -0.4 is 16.1 Å². The fourth-order valence-corrected chi connectivity index (χ4v) is 3.43. The quantitative estimate of drug-likeness (QED) is 0.654. The maximum Gasteiger partial charge on any atom is 0.272 e. The highest BCUT2D eigenvalue weighted by Gasteiger charge is 2.32. The average Bonchev–Trinajstić information content (AvgIpc) is 3.22. The number of rotatable bonds is 5. The molecular weight excluding hydrogens is 402 g/mol. The largest absolute Gasteiger partial charge is 0.366 e. The van der Waals surface area contributed by atoms with Crippen molar-refractivity contribution in [3.05, 3.63) is 95.6 Å². The van der Waals surface area contributed by atoms with Crippen molar-refractivity contribution in [2.75, 3.05) is 10.3 Å². The number of benzene rings is 3. The Hall–Kier alpha value is -4.07. The number of nitrogens with two attached hydrogens (primary N) is 1. The standard InChI is InChI=1S/C23H18F2N4O2/c24-17-12-18(25)19(11-16(17)22(26)30)27-23(31)20-13-21(14-7-3-1-4-8-14)29(28-20)15-9-5-2-6-10-15/h1-12,21H,13H2,(H2,26,30)(H,27,31). The van der Waals surface area contributed by atoms with Gasteiger partial charge < -0.3 is 11.1 Å². The van der Waals surface area contributed by atoms with Crippen LogP contribution in [0.25, 0.3) is 0 Å². The van der Waals surface area contributed by atoms with Crippen LogP contribution in [-0.2, 0) is 4.79 Å². The zero-order valence-corrected chi connectivity index (χ0v) is 16.3. The summed E-state index contributed by atoms with van der Waals surface area (Å²) in [5.74, 6) is -3.83. The van der Waals surface area contributed by atoms with Crippen molar-refractivity contribution in [2.24, 2.45) is 10.8 Å².